The van der Waals surface area contributed by atoms with Gasteiger partial charge in [-0.1, -0.05) is 12.1 Å². The summed E-state index contributed by atoms with van der Waals surface area (Å²) in [4.78, 5) is 6.54. The zero-order valence-electron chi connectivity index (χ0n) is 13.9. The van der Waals surface area contributed by atoms with Gasteiger partial charge in [-0.05, 0) is 25.0 Å². The predicted molar refractivity (Wildman–Crippen MR) is 87.5 cm³/mol. The third-order valence-electron chi connectivity index (χ3n) is 4.27. The lowest BCUT2D eigenvalue weighted by molar-refractivity contribution is 0.143. The number of furan rings is 1. The van der Waals surface area contributed by atoms with Gasteiger partial charge in [0.25, 0.3) is 0 Å². The minimum Gasteiger partial charge on any atom is -0.461 e. The van der Waals surface area contributed by atoms with Gasteiger partial charge in [0.15, 0.2) is 5.76 Å². The molecule has 0 unspecified atom stereocenters. The van der Waals surface area contributed by atoms with Crippen LogP contribution in [0.5, 0.6) is 0 Å². The molecule has 3 heterocycles. The normalized spacial score (nSPS) is 17.6. The SMILES string of the molecule is CCN(C1CCN(Cc2nc(-c3ccco3)no2)CC1)S(C)(=O)=O. The summed E-state index contributed by atoms with van der Waals surface area (Å²) in [7, 11) is -3.15. The number of likely N-dealkylation sites (tertiary alicyclic amines) is 1. The number of nitrogens with zero attached hydrogens (tertiary/aromatic N) is 4. The van der Waals surface area contributed by atoms with Crippen LogP contribution in [0.1, 0.15) is 25.7 Å². The number of rotatable bonds is 6. The van der Waals surface area contributed by atoms with Gasteiger partial charge in [-0.25, -0.2) is 8.42 Å². The van der Waals surface area contributed by atoms with Crippen LogP contribution in [0.4, 0.5) is 0 Å². The Labute approximate surface area is 141 Å². The molecule has 1 aliphatic heterocycles. The molecule has 1 fully saturated rings. The van der Waals surface area contributed by atoms with E-state index < -0.39 is 10.0 Å². The molecule has 3 rings (SSSR count). The summed E-state index contributed by atoms with van der Waals surface area (Å²) in [6.07, 6.45) is 4.45. The van der Waals surface area contributed by atoms with Crippen molar-refractivity contribution in [3.63, 3.8) is 0 Å². The van der Waals surface area contributed by atoms with Gasteiger partial charge in [-0.3, -0.25) is 4.90 Å². The maximum absolute atomic E-state index is 11.8. The maximum Gasteiger partial charge on any atom is 0.241 e. The number of hydrogen-bond donors (Lipinski definition) is 0. The van der Waals surface area contributed by atoms with E-state index in [4.69, 9.17) is 8.94 Å². The first-order chi connectivity index (χ1) is 11.5. The largest absolute Gasteiger partial charge is 0.461 e. The molecule has 2 aromatic heterocycles. The molecule has 9 heteroatoms. The molecule has 24 heavy (non-hydrogen) atoms. The second kappa shape index (κ2) is 7.04. The molecule has 0 radical (unpaired) electrons. The number of aromatic nitrogens is 2. The molecule has 1 saturated heterocycles. The molecule has 0 aromatic carbocycles. The van der Waals surface area contributed by atoms with E-state index in [9.17, 15) is 8.42 Å². The van der Waals surface area contributed by atoms with Crippen molar-refractivity contribution in [2.45, 2.75) is 32.4 Å². The van der Waals surface area contributed by atoms with E-state index in [0.29, 0.717) is 30.6 Å². The summed E-state index contributed by atoms with van der Waals surface area (Å²) in [5, 5.41) is 3.92. The van der Waals surface area contributed by atoms with Crippen LogP contribution in [0.25, 0.3) is 11.6 Å². The number of hydrogen-bond acceptors (Lipinski definition) is 7. The van der Waals surface area contributed by atoms with Crippen molar-refractivity contribution in [2.24, 2.45) is 0 Å². The topological polar surface area (TPSA) is 92.7 Å². The third-order valence-corrected chi connectivity index (χ3v) is 5.68. The van der Waals surface area contributed by atoms with Gasteiger partial charge in [-0.15, -0.1) is 0 Å². The first-order valence-corrected chi connectivity index (χ1v) is 9.88. The average Bonchev–Trinajstić information content (AvgIpc) is 3.19. The van der Waals surface area contributed by atoms with Crippen LogP contribution in [0.15, 0.2) is 27.3 Å². The molecule has 0 atom stereocenters. The Morgan fingerprint density at radius 3 is 2.71 bits per heavy atom. The molecule has 0 saturated carbocycles. The van der Waals surface area contributed by atoms with E-state index in [1.165, 1.54) is 6.26 Å². The van der Waals surface area contributed by atoms with Crippen LogP contribution in [0.2, 0.25) is 0 Å². The highest BCUT2D eigenvalue weighted by Gasteiger charge is 2.29. The number of piperidine rings is 1. The maximum atomic E-state index is 11.8. The highest BCUT2D eigenvalue weighted by atomic mass is 32.2. The average molecular weight is 354 g/mol. The van der Waals surface area contributed by atoms with Crippen molar-refractivity contribution in [1.29, 1.82) is 0 Å². The molecule has 0 amide bonds. The summed E-state index contributed by atoms with van der Waals surface area (Å²) in [5.74, 6) is 1.56. The van der Waals surface area contributed by atoms with Crippen LogP contribution >= 0.6 is 0 Å². The van der Waals surface area contributed by atoms with Crippen LogP contribution in [-0.4, -0.2) is 59.7 Å². The van der Waals surface area contributed by atoms with Crippen molar-refractivity contribution >= 4 is 10.0 Å². The molecule has 132 valence electrons. The fraction of sp³-hybridized carbons (Fsp3) is 0.600. The van der Waals surface area contributed by atoms with E-state index in [-0.39, 0.29) is 6.04 Å². The van der Waals surface area contributed by atoms with Crippen molar-refractivity contribution in [3.05, 3.63) is 24.3 Å². The Balaban J connectivity index is 1.56. The zero-order valence-corrected chi connectivity index (χ0v) is 14.7. The van der Waals surface area contributed by atoms with E-state index in [1.54, 1.807) is 22.7 Å². The second-order valence-electron chi connectivity index (χ2n) is 5.96. The first kappa shape index (κ1) is 17.1. The highest BCUT2D eigenvalue weighted by molar-refractivity contribution is 7.88. The van der Waals surface area contributed by atoms with Crippen molar-refractivity contribution in [2.75, 3.05) is 25.9 Å². The molecule has 0 aliphatic carbocycles. The summed E-state index contributed by atoms with van der Waals surface area (Å²) >= 11 is 0. The fourth-order valence-electron chi connectivity index (χ4n) is 3.15. The monoisotopic (exact) mass is 354 g/mol. The van der Waals surface area contributed by atoms with Gasteiger partial charge in [0.1, 0.15) is 0 Å². The standard InChI is InChI=1S/C15H22N4O4S/c1-3-19(24(2,20)21)12-6-8-18(9-7-12)11-14-16-15(17-23-14)13-5-4-10-22-13/h4-5,10,12H,3,6-9,11H2,1-2H3. The molecule has 0 bridgehead atoms. The molecule has 8 nitrogen and oxygen atoms in total. The van der Waals surface area contributed by atoms with Crippen LogP contribution in [0, 0.1) is 0 Å². The summed E-state index contributed by atoms with van der Waals surface area (Å²) in [5.41, 5.74) is 0. The molecular formula is C15H22N4O4S. The predicted octanol–water partition coefficient (Wildman–Crippen LogP) is 1.58. The lowest BCUT2D eigenvalue weighted by Gasteiger charge is -2.36. The van der Waals surface area contributed by atoms with Crippen LogP contribution < -0.4 is 0 Å². The van der Waals surface area contributed by atoms with E-state index in [0.717, 1.165) is 25.9 Å². The second-order valence-corrected chi connectivity index (χ2v) is 7.90. The Morgan fingerprint density at radius 2 is 2.12 bits per heavy atom. The van der Waals surface area contributed by atoms with Gasteiger partial charge in [0.2, 0.25) is 21.7 Å². The fourth-order valence-corrected chi connectivity index (χ4v) is 4.37. The molecular weight excluding hydrogens is 332 g/mol. The molecule has 2 aromatic rings. The van der Waals surface area contributed by atoms with Gasteiger partial charge in [-0.2, -0.15) is 9.29 Å². The van der Waals surface area contributed by atoms with E-state index in [2.05, 4.69) is 15.0 Å². The highest BCUT2D eigenvalue weighted by Crippen LogP contribution is 2.21. The summed E-state index contributed by atoms with van der Waals surface area (Å²) < 4.78 is 35.7. The number of sulfonamides is 1. The molecule has 0 spiro atoms. The quantitative estimate of drug-likeness (QED) is 0.777. The zero-order chi connectivity index (χ0) is 17.2. The van der Waals surface area contributed by atoms with Crippen LogP contribution in [-0.2, 0) is 16.6 Å². The minimum absolute atomic E-state index is 0.0719. The van der Waals surface area contributed by atoms with Crippen molar-refractivity contribution < 1.29 is 17.4 Å². The lowest BCUT2D eigenvalue weighted by Crippen LogP contribution is -2.46. The van der Waals surface area contributed by atoms with Gasteiger partial charge >= 0.3 is 0 Å². The van der Waals surface area contributed by atoms with Gasteiger partial charge in [0, 0.05) is 25.7 Å². The first-order valence-electron chi connectivity index (χ1n) is 8.03. The Morgan fingerprint density at radius 1 is 1.38 bits per heavy atom. The van der Waals surface area contributed by atoms with Crippen molar-refractivity contribution in [1.82, 2.24) is 19.3 Å². The Bertz CT molecular complexity index is 748. The Hall–Kier alpha value is -1.71. The van der Waals surface area contributed by atoms with Crippen LogP contribution in [0.3, 0.4) is 0 Å². The van der Waals surface area contributed by atoms with E-state index >= 15 is 0 Å². The minimum atomic E-state index is -3.15. The molecule has 1 aliphatic rings. The molecule has 0 N–H and O–H groups in total. The summed E-state index contributed by atoms with van der Waals surface area (Å²) in [6, 6.07) is 3.63. The van der Waals surface area contributed by atoms with Crippen molar-refractivity contribution in [3.8, 4) is 11.6 Å². The van der Waals surface area contributed by atoms with E-state index in [1.807, 2.05) is 6.92 Å². The lowest BCUT2D eigenvalue weighted by atomic mass is 10.1. The Kier molecular flexibility index (Phi) is 5.02. The summed E-state index contributed by atoms with van der Waals surface area (Å²) in [6.45, 7) is 4.55. The van der Waals surface area contributed by atoms with Gasteiger partial charge in [0.05, 0.1) is 19.1 Å². The van der Waals surface area contributed by atoms with Gasteiger partial charge < -0.3 is 8.94 Å². The smallest absolute Gasteiger partial charge is 0.241 e. The third kappa shape index (κ3) is 3.85.